The van der Waals surface area contributed by atoms with Crippen molar-refractivity contribution in [2.45, 2.75) is 16.5 Å². The Morgan fingerprint density at radius 1 is 1.19 bits per heavy atom. The normalized spacial score (nSPS) is 10.4. The van der Waals surface area contributed by atoms with Crippen LogP contribution in [0.1, 0.15) is 5.69 Å². The van der Waals surface area contributed by atoms with E-state index >= 15 is 0 Å². The van der Waals surface area contributed by atoms with Crippen LogP contribution in [-0.2, 0) is 6.54 Å². The number of halogens is 1. The van der Waals surface area contributed by atoms with Gasteiger partial charge in [-0.3, -0.25) is 0 Å². The van der Waals surface area contributed by atoms with E-state index in [1.165, 1.54) is 23.9 Å². The first kappa shape index (κ1) is 11.1. The van der Waals surface area contributed by atoms with Crippen LogP contribution in [0.5, 0.6) is 0 Å². The molecule has 0 aliphatic rings. The molecule has 0 bridgehead atoms. The standard InChI is InChI=1S/C12H11FN2S/c13-9-3-1-5-11(7-9)16-12-6-2-4-10(8-14)15-12/h1-7H,8,14H2. The van der Waals surface area contributed by atoms with Gasteiger partial charge < -0.3 is 5.73 Å². The number of pyridine rings is 1. The molecule has 0 atom stereocenters. The molecule has 1 aromatic carbocycles. The molecule has 0 fully saturated rings. The van der Waals surface area contributed by atoms with E-state index < -0.39 is 0 Å². The third-order valence-corrected chi connectivity index (χ3v) is 2.93. The summed E-state index contributed by atoms with van der Waals surface area (Å²) in [5.41, 5.74) is 6.34. The predicted molar refractivity (Wildman–Crippen MR) is 62.7 cm³/mol. The molecule has 1 aromatic heterocycles. The Morgan fingerprint density at radius 3 is 2.75 bits per heavy atom. The van der Waals surface area contributed by atoms with Crippen LogP contribution in [0, 0.1) is 5.82 Å². The van der Waals surface area contributed by atoms with Crippen LogP contribution < -0.4 is 5.73 Å². The van der Waals surface area contributed by atoms with Crippen molar-refractivity contribution in [2.75, 3.05) is 0 Å². The molecular weight excluding hydrogens is 223 g/mol. The largest absolute Gasteiger partial charge is 0.325 e. The van der Waals surface area contributed by atoms with Crippen molar-refractivity contribution in [1.82, 2.24) is 4.98 Å². The Labute approximate surface area is 97.7 Å². The molecule has 2 nitrogen and oxygen atoms in total. The van der Waals surface area contributed by atoms with Gasteiger partial charge in [0.05, 0.1) is 5.69 Å². The van der Waals surface area contributed by atoms with Crippen molar-refractivity contribution in [3.63, 3.8) is 0 Å². The van der Waals surface area contributed by atoms with E-state index in [4.69, 9.17) is 5.73 Å². The maximum atomic E-state index is 13.0. The SMILES string of the molecule is NCc1cccc(Sc2cccc(F)c2)n1. The lowest BCUT2D eigenvalue weighted by molar-refractivity contribution is 0.624. The third-order valence-electron chi connectivity index (χ3n) is 2.01. The van der Waals surface area contributed by atoms with E-state index in [0.29, 0.717) is 6.54 Å². The summed E-state index contributed by atoms with van der Waals surface area (Å²) in [5, 5.41) is 0.827. The van der Waals surface area contributed by atoms with Gasteiger partial charge in [-0.1, -0.05) is 23.9 Å². The van der Waals surface area contributed by atoms with Gasteiger partial charge in [-0.25, -0.2) is 9.37 Å². The molecule has 4 heteroatoms. The van der Waals surface area contributed by atoms with Gasteiger partial charge in [-0.2, -0.15) is 0 Å². The molecule has 1 heterocycles. The Hall–Kier alpha value is -1.39. The van der Waals surface area contributed by atoms with Gasteiger partial charge in [-0.15, -0.1) is 0 Å². The highest BCUT2D eigenvalue weighted by Crippen LogP contribution is 2.26. The fourth-order valence-corrected chi connectivity index (χ4v) is 2.15. The van der Waals surface area contributed by atoms with E-state index in [1.54, 1.807) is 6.07 Å². The van der Waals surface area contributed by atoms with Crippen molar-refractivity contribution in [3.05, 3.63) is 54.0 Å². The highest BCUT2D eigenvalue weighted by molar-refractivity contribution is 7.99. The van der Waals surface area contributed by atoms with Crippen LogP contribution in [0.25, 0.3) is 0 Å². The summed E-state index contributed by atoms with van der Waals surface area (Å²) in [6.45, 7) is 0.414. The summed E-state index contributed by atoms with van der Waals surface area (Å²) in [7, 11) is 0. The van der Waals surface area contributed by atoms with E-state index in [1.807, 2.05) is 24.3 Å². The number of aromatic nitrogens is 1. The molecule has 82 valence electrons. The lowest BCUT2D eigenvalue weighted by atomic mass is 10.3. The minimum absolute atomic E-state index is 0.236. The minimum atomic E-state index is -0.236. The molecule has 0 aliphatic heterocycles. The van der Waals surface area contributed by atoms with Crippen LogP contribution in [0.3, 0.4) is 0 Å². The average molecular weight is 234 g/mol. The molecule has 0 saturated heterocycles. The molecule has 2 aromatic rings. The Morgan fingerprint density at radius 2 is 2.00 bits per heavy atom. The number of benzene rings is 1. The van der Waals surface area contributed by atoms with Gasteiger partial charge in [0.25, 0.3) is 0 Å². The molecule has 0 spiro atoms. The summed E-state index contributed by atoms with van der Waals surface area (Å²) < 4.78 is 13.0. The van der Waals surface area contributed by atoms with Crippen molar-refractivity contribution in [3.8, 4) is 0 Å². The number of nitrogens with two attached hydrogens (primary N) is 1. The number of rotatable bonds is 3. The van der Waals surface area contributed by atoms with Crippen LogP contribution in [0.15, 0.2) is 52.4 Å². The zero-order valence-electron chi connectivity index (χ0n) is 8.56. The molecule has 2 rings (SSSR count). The van der Waals surface area contributed by atoms with Crippen molar-refractivity contribution < 1.29 is 4.39 Å². The summed E-state index contributed by atoms with van der Waals surface area (Å²) in [5.74, 6) is -0.236. The highest BCUT2D eigenvalue weighted by atomic mass is 32.2. The second-order valence-corrected chi connectivity index (χ2v) is 4.32. The Kier molecular flexibility index (Phi) is 3.54. The molecule has 0 amide bonds. The Balaban J connectivity index is 2.20. The smallest absolute Gasteiger partial charge is 0.124 e. The van der Waals surface area contributed by atoms with Gasteiger partial charge in [-0.05, 0) is 30.3 Å². The maximum absolute atomic E-state index is 13.0. The van der Waals surface area contributed by atoms with E-state index in [9.17, 15) is 4.39 Å². The first-order chi connectivity index (χ1) is 7.78. The monoisotopic (exact) mass is 234 g/mol. The molecule has 16 heavy (non-hydrogen) atoms. The first-order valence-corrected chi connectivity index (χ1v) is 5.69. The summed E-state index contributed by atoms with van der Waals surface area (Å²) in [6.07, 6.45) is 0. The second-order valence-electron chi connectivity index (χ2n) is 3.23. The third kappa shape index (κ3) is 2.81. The summed E-state index contributed by atoms with van der Waals surface area (Å²) in [6, 6.07) is 12.1. The van der Waals surface area contributed by atoms with E-state index in [-0.39, 0.29) is 5.82 Å². The highest BCUT2D eigenvalue weighted by Gasteiger charge is 2.00. The molecule has 2 N–H and O–H groups in total. The fourth-order valence-electron chi connectivity index (χ4n) is 1.28. The lowest BCUT2D eigenvalue weighted by Gasteiger charge is -2.02. The van der Waals surface area contributed by atoms with Gasteiger partial charge >= 0.3 is 0 Å². The lowest BCUT2D eigenvalue weighted by Crippen LogP contribution is -1.99. The van der Waals surface area contributed by atoms with E-state index in [2.05, 4.69) is 4.98 Å². The number of nitrogens with zero attached hydrogens (tertiary/aromatic N) is 1. The molecule has 0 aliphatic carbocycles. The van der Waals surface area contributed by atoms with Crippen molar-refractivity contribution in [1.29, 1.82) is 0 Å². The topological polar surface area (TPSA) is 38.9 Å². The fraction of sp³-hybridized carbons (Fsp3) is 0.0833. The van der Waals surface area contributed by atoms with Gasteiger partial charge in [0.2, 0.25) is 0 Å². The van der Waals surface area contributed by atoms with Crippen LogP contribution in [-0.4, -0.2) is 4.98 Å². The zero-order valence-corrected chi connectivity index (χ0v) is 9.38. The van der Waals surface area contributed by atoms with Gasteiger partial charge in [0, 0.05) is 11.4 Å². The van der Waals surface area contributed by atoms with E-state index in [0.717, 1.165) is 15.6 Å². The molecule has 0 saturated carbocycles. The summed E-state index contributed by atoms with van der Waals surface area (Å²) >= 11 is 1.42. The van der Waals surface area contributed by atoms with Crippen molar-refractivity contribution in [2.24, 2.45) is 5.73 Å². The number of hydrogen-bond donors (Lipinski definition) is 1. The van der Waals surface area contributed by atoms with Crippen molar-refractivity contribution >= 4 is 11.8 Å². The molecular formula is C12H11FN2S. The predicted octanol–water partition coefficient (Wildman–Crippen LogP) is 2.83. The average Bonchev–Trinajstić information content (AvgIpc) is 2.29. The van der Waals surface area contributed by atoms with Gasteiger partial charge in [0.1, 0.15) is 10.8 Å². The van der Waals surface area contributed by atoms with Crippen LogP contribution in [0.2, 0.25) is 0 Å². The molecule has 0 radical (unpaired) electrons. The summed E-state index contributed by atoms with van der Waals surface area (Å²) in [4.78, 5) is 5.17. The molecule has 0 unspecified atom stereocenters. The zero-order chi connectivity index (χ0) is 11.4. The minimum Gasteiger partial charge on any atom is -0.325 e. The van der Waals surface area contributed by atoms with Crippen LogP contribution in [0.4, 0.5) is 4.39 Å². The van der Waals surface area contributed by atoms with Crippen LogP contribution >= 0.6 is 11.8 Å². The van der Waals surface area contributed by atoms with Gasteiger partial charge in [0.15, 0.2) is 0 Å². The second kappa shape index (κ2) is 5.09. The number of hydrogen-bond acceptors (Lipinski definition) is 3. The first-order valence-electron chi connectivity index (χ1n) is 4.87. The Bertz CT molecular complexity index is 488. The maximum Gasteiger partial charge on any atom is 0.124 e. The quantitative estimate of drug-likeness (QED) is 0.887.